The van der Waals surface area contributed by atoms with E-state index in [9.17, 15) is 14.9 Å². The van der Waals surface area contributed by atoms with Gasteiger partial charge in [0.15, 0.2) is 0 Å². The van der Waals surface area contributed by atoms with Crippen LogP contribution in [0.1, 0.15) is 11.5 Å². The van der Waals surface area contributed by atoms with Gasteiger partial charge in [0, 0.05) is 23.7 Å². The van der Waals surface area contributed by atoms with Gasteiger partial charge in [-0.2, -0.15) is 0 Å². The summed E-state index contributed by atoms with van der Waals surface area (Å²) in [6, 6.07) is 15.0. The second kappa shape index (κ2) is 5.83. The van der Waals surface area contributed by atoms with Crippen molar-refractivity contribution >= 4 is 40.5 Å². The molecule has 1 aliphatic carbocycles. The van der Waals surface area contributed by atoms with Crippen LogP contribution in [0.15, 0.2) is 54.6 Å². The molecular weight excluding hydrogens is 339 g/mol. The van der Waals surface area contributed by atoms with E-state index in [-0.39, 0.29) is 17.5 Å². The number of amides is 1. The molecule has 0 saturated heterocycles. The third-order valence-corrected chi connectivity index (χ3v) is 4.76. The van der Waals surface area contributed by atoms with Crippen molar-refractivity contribution in [2.24, 2.45) is 5.92 Å². The molecule has 23 heavy (non-hydrogen) atoms. The first kappa shape index (κ1) is 15.8. The van der Waals surface area contributed by atoms with Crippen LogP contribution >= 0.6 is 23.2 Å². The molecule has 2 aromatic carbocycles. The monoisotopic (exact) mass is 350 g/mol. The number of nitro groups is 1. The van der Waals surface area contributed by atoms with E-state index in [4.69, 9.17) is 23.2 Å². The summed E-state index contributed by atoms with van der Waals surface area (Å²) in [6.07, 6.45) is 0. The van der Waals surface area contributed by atoms with Crippen molar-refractivity contribution < 1.29 is 9.72 Å². The summed E-state index contributed by atoms with van der Waals surface area (Å²) < 4.78 is -1.17. The first-order valence-corrected chi connectivity index (χ1v) is 7.65. The molecular formula is C16H12Cl2N2O3. The molecule has 1 aliphatic rings. The molecule has 0 bridgehead atoms. The largest absolute Gasteiger partial charge is 0.325 e. The number of benzene rings is 2. The zero-order chi connectivity index (χ0) is 16.6. The van der Waals surface area contributed by atoms with Crippen molar-refractivity contribution in [3.05, 3.63) is 70.3 Å². The molecule has 5 nitrogen and oxygen atoms in total. The lowest BCUT2D eigenvalue weighted by atomic mass is 10.1. The van der Waals surface area contributed by atoms with E-state index in [0.29, 0.717) is 5.69 Å². The van der Waals surface area contributed by atoms with E-state index < -0.39 is 15.2 Å². The van der Waals surface area contributed by atoms with Gasteiger partial charge >= 0.3 is 0 Å². The van der Waals surface area contributed by atoms with Crippen LogP contribution in [-0.4, -0.2) is 15.2 Å². The Kier molecular flexibility index (Phi) is 4.00. The molecule has 7 heteroatoms. The molecule has 0 radical (unpaired) electrons. The van der Waals surface area contributed by atoms with Crippen molar-refractivity contribution in [1.82, 2.24) is 0 Å². The summed E-state index contributed by atoms with van der Waals surface area (Å²) >= 11 is 12.5. The number of non-ortho nitro benzene ring substituents is 1. The van der Waals surface area contributed by atoms with E-state index in [1.807, 2.05) is 30.3 Å². The number of hydrogen-bond donors (Lipinski definition) is 1. The number of halogens is 2. The second-order valence-corrected chi connectivity index (χ2v) is 6.78. The third-order valence-electron chi connectivity index (χ3n) is 3.82. The standard InChI is InChI=1S/C16H12Cl2N2O3/c17-16(18)13(10-5-2-1-3-6-10)14(16)15(21)19-11-7-4-8-12(9-11)20(22)23/h1-9,13-14H,(H,19,21)/t13-,14-/m1/s1. The fourth-order valence-electron chi connectivity index (χ4n) is 2.65. The summed E-state index contributed by atoms with van der Waals surface area (Å²) in [4.78, 5) is 22.7. The highest BCUT2D eigenvalue weighted by molar-refractivity contribution is 6.53. The molecule has 0 heterocycles. The van der Waals surface area contributed by atoms with E-state index >= 15 is 0 Å². The molecule has 0 spiro atoms. The molecule has 3 rings (SSSR count). The predicted octanol–water partition coefficient (Wildman–Crippen LogP) is 4.12. The number of carbonyl (C=O) groups is 1. The summed E-state index contributed by atoms with van der Waals surface area (Å²) in [7, 11) is 0. The Bertz CT molecular complexity index is 765. The van der Waals surface area contributed by atoms with Crippen LogP contribution in [0.2, 0.25) is 0 Å². The molecule has 0 aliphatic heterocycles. The molecule has 2 aromatic rings. The quantitative estimate of drug-likeness (QED) is 0.512. The number of nitro benzene ring substituents is 1. The van der Waals surface area contributed by atoms with Crippen LogP contribution in [0.3, 0.4) is 0 Å². The Balaban J connectivity index is 1.77. The second-order valence-electron chi connectivity index (χ2n) is 5.34. The van der Waals surface area contributed by atoms with Crippen molar-refractivity contribution in [3.63, 3.8) is 0 Å². The Morgan fingerprint density at radius 1 is 1.13 bits per heavy atom. The lowest BCUT2D eigenvalue weighted by molar-refractivity contribution is -0.384. The van der Waals surface area contributed by atoms with Crippen LogP contribution in [0.25, 0.3) is 0 Å². The van der Waals surface area contributed by atoms with Gasteiger partial charge in [0.25, 0.3) is 5.69 Å². The van der Waals surface area contributed by atoms with E-state index in [0.717, 1.165) is 5.56 Å². The Morgan fingerprint density at radius 2 is 1.83 bits per heavy atom. The normalized spacial score (nSPS) is 21.5. The molecule has 0 unspecified atom stereocenters. The summed E-state index contributed by atoms with van der Waals surface area (Å²) in [5, 5.41) is 13.4. The molecule has 118 valence electrons. The number of nitrogens with zero attached hydrogens (tertiary/aromatic N) is 1. The third kappa shape index (κ3) is 3.02. The first-order valence-electron chi connectivity index (χ1n) is 6.89. The van der Waals surface area contributed by atoms with Crippen LogP contribution < -0.4 is 5.32 Å². The number of alkyl halides is 2. The minimum absolute atomic E-state index is 0.0961. The van der Waals surface area contributed by atoms with Crippen LogP contribution in [-0.2, 0) is 4.79 Å². The molecule has 1 N–H and O–H groups in total. The molecule has 1 saturated carbocycles. The van der Waals surface area contributed by atoms with Crippen molar-refractivity contribution in [2.45, 2.75) is 10.3 Å². The zero-order valence-corrected chi connectivity index (χ0v) is 13.3. The first-order chi connectivity index (χ1) is 10.9. The average Bonchev–Trinajstić information content (AvgIpc) is 3.11. The maximum Gasteiger partial charge on any atom is 0.271 e. The highest BCUT2D eigenvalue weighted by atomic mass is 35.5. The predicted molar refractivity (Wildman–Crippen MR) is 88.8 cm³/mol. The highest BCUT2D eigenvalue weighted by Gasteiger charge is 2.67. The van der Waals surface area contributed by atoms with Crippen molar-refractivity contribution in [1.29, 1.82) is 0 Å². The minimum atomic E-state index is -1.17. The lowest BCUT2D eigenvalue weighted by Gasteiger charge is -2.04. The van der Waals surface area contributed by atoms with Gasteiger partial charge in [-0.05, 0) is 11.6 Å². The number of rotatable bonds is 4. The van der Waals surface area contributed by atoms with Crippen LogP contribution in [0.4, 0.5) is 11.4 Å². The van der Waals surface area contributed by atoms with Gasteiger partial charge in [0.1, 0.15) is 4.33 Å². The molecule has 0 aromatic heterocycles. The number of anilines is 1. The summed E-state index contributed by atoms with van der Waals surface area (Å²) in [6.45, 7) is 0. The SMILES string of the molecule is O=C(Nc1cccc([N+](=O)[O-])c1)[C@H]1[C@@H](c2ccccc2)C1(Cl)Cl. The summed E-state index contributed by atoms with van der Waals surface area (Å²) in [5.74, 6) is -1.26. The summed E-state index contributed by atoms with van der Waals surface area (Å²) in [5.41, 5.74) is 1.13. The Labute approximate surface area is 142 Å². The average molecular weight is 351 g/mol. The van der Waals surface area contributed by atoms with Crippen LogP contribution in [0, 0.1) is 16.0 Å². The lowest BCUT2D eigenvalue weighted by Crippen LogP contribution is -2.17. The maximum atomic E-state index is 12.4. The molecule has 1 fully saturated rings. The van der Waals surface area contributed by atoms with E-state index in [2.05, 4.69) is 5.32 Å². The van der Waals surface area contributed by atoms with Gasteiger partial charge in [0.05, 0.1) is 10.8 Å². The smallest absolute Gasteiger partial charge is 0.271 e. The number of carbonyl (C=O) groups excluding carboxylic acids is 1. The molecule has 1 amide bonds. The maximum absolute atomic E-state index is 12.4. The minimum Gasteiger partial charge on any atom is -0.325 e. The van der Waals surface area contributed by atoms with Crippen LogP contribution in [0.5, 0.6) is 0 Å². The van der Waals surface area contributed by atoms with Gasteiger partial charge < -0.3 is 5.32 Å². The number of hydrogen-bond acceptors (Lipinski definition) is 3. The fraction of sp³-hybridized carbons (Fsp3) is 0.188. The van der Waals surface area contributed by atoms with Gasteiger partial charge in [-0.25, -0.2) is 0 Å². The van der Waals surface area contributed by atoms with Gasteiger partial charge in [0.2, 0.25) is 5.91 Å². The van der Waals surface area contributed by atoms with Crippen molar-refractivity contribution in [3.8, 4) is 0 Å². The molecule has 2 atom stereocenters. The zero-order valence-electron chi connectivity index (χ0n) is 11.8. The fourth-order valence-corrected chi connectivity index (χ4v) is 3.47. The van der Waals surface area contributed by atoms with E-state index in [1.54, 1.807) is 6.07 Å². The van der Waals surface area contributed by atoms with Gasteiger partial charge in [-0.1, -0.05) is 36.4 Å². The highest BCUT2D eigenvalue weighted by Crippen LogP contribution is 2.65. The van der Waals surface area contributed by atoms with Gasteiger partial charge in [-0.3, -0.25) is 14.9 Å². The topological polar surface area (TPSA) is 72.2 Å². The van der Waals surface area contributed by atoms with Crippen molar-refractivity contribution in [2.75, 3.05) is 5.32 Å². The van der Waals surface area contributed by atoms with E-state index in [1.165, 1.54) is 18.2 Å². The van der Waals surface area contributed by atoms with Gasteiger partial charge in [-0.15, -0.1) is 23.2 Å². The Hall–Kier alpha value is -2.11. The Morgan fingerprint density at radius 3 is 2.48 bits per heavy atom. The number of nitrogens with one attached hydrogen (secondary N) is 1.